The minimum atomic E-state index is 0.393. The molecule has 2 heteroatoms. The quantitative estimate of drug-likeness (QED) is 0.840. The topological polar surface area (TPSA) is 15.3 Å². The standard InChI is InChI=1S/C18H36N2/c1-14-8-7-9-18(10-14,20(5)6)13-19-16-12-17(3,4)11-15(16)2/h14-16,19H,7-13H2,1-6H3. The molecular formula is C18H36N2. The van der Waals surface area contributed by atoms with Gasteiger partial charge in [0, 0.05) is 18.1 Å². The third kappa shape index (κ3) is 3.57. The predicted octanol–water partition coefficient (Wildman–Crippen LogP) is 3.91. The number of hydrogen-bond acceptors (Lipinski definition) is 2. The fourth-order valence-electron chi connectivity index (χ4n) is 4.85. The summed E-state index contributed by atoms with van der Waals surface area (Å²) in [6, 6.07) is 0.721. The zero-order valence-corrected chi connectivity index (χ0v) is 14.6. The molecule has 2 aliphatic carbocycles. The lowest BCUT2D eigenvalue weighted by Gasteiger charge is -2.46. The molecule has 0 amide bonds. The maximum absolute atomic E-state index is 3.96. The lowest BCUT2D eigenvalue weighted by molar-refractivity contribution is 0.0708. The Balaban J connectivity index is 1.96. The highest BCUT2D eigenvalue weighted by Crippen LogP contribution is 2.41. The molecule has 4 atom stereocenters. The van der Waals surface area contributed by atoms with E-state index in [1.54, 1.807) is 0 Å². The highest BCUT2D eigenvalue weighted by atomic mass is 15.2. The molecule has 4 unspecified atom stereocenters. The molecule has 118 valence electrons. The van der Waals surface area contributed by atoms with E-state index in [1.165, 1.54) is 45.1 Å². The summed E-state index contributed by atoms with van der Waals surface area (Å²) in [4.78, 5) is 2.50. The summed E-state index contributed by atoms with van der Waals surface area (Å²) in [6.07, 6.45) is 8.25. The molecule has 0 aromatic heterocycles. The summed E-state index contributed by atoms with van der Waals surface area (Å²) in [6.45, 7) is 10.9. The van der Waals surface area contributed by atoms with Crippen molar-refractivity contribution in [3.8, 4) is 0 Å². The molecule has 2 fully saturated rings. The molecule has 2 saturated carbocycles. The molecule has 0 spiro atoms. The third-order valence-electron chi connectivity index (χ3n) is 6.04. The molecular weight excluding hydrogens is 244 g/mol. The Hall–Kier alpha value is -0.0800. The lowest BCUT2D eigenvalue weighted by Crippen LogP contribution is -2.56. The van der Waals surface area contributed by atoms with Crippen LogP contribution in [0.5, 0.6) is 0 Å². The minimum absolute atomic E-state index is 0.393. The highest BCUT2D eigenvalue weighted by molar-refractivity contribution is 4.98. The normalized spacial score (nSPS) is 41.2. The molecule has 2 aliphatic rings. The first-order valence-electron chi connectivity index (χ1n) is 8.65. The van der Waals surface area contributed by atoms with E-state index in [4.69, 9.17) is 0 Å². The van der Waals surface area contributed by atoms with Crippen LogP contribution in [0.15, 0.2) is 0 Å². The van der Waals surface area contributed by atoms with Crippen LogP contribution in [0.2, 0.25) is 0 Å². The van der Waals surface area contributed by atoms with Crippen molar-refractivity contribution in [3.63, 3.8) is 0 Å². The van der Waals surface area contributed by atoms with E-state index in [0.717, 1.165) is 17.9 Å². The summed E-state index contributed by atoms with van der Waals surface area (Å²) in [5.74, 6) is 1.70. The van der Waals surface area contributed by atoms with Gasteiger partial charge in [-0.2, -0.15) is 0 Å². The van der Waals surface area contributed by atoms with Crippen molar-refractivity contribution in [2.24, 2.45) is 17.3 Å². The smallest absolute Gasteiger partial charge is 0.0330 e. The monoisotopic (exact) mass is 280 g/mol. The van der Waals surface area contributed by atoms with Crippen LogP contribution >= 0.6 is 0 Å². The second-order valence-electron chi connectivity index (χ2n) is 8.86. The first-order chi connectivity index (χ1) is 9.24. The Morgan fingerprint density at radius 1 is 1.10 bits per heavy atom. The summed E-state index contributed by atoms with van der Waals surface area (Å²) in [5, 5.41) is 3.96. The van der Waals surface area contributed by atoms with Gasteiger partial charge in [-0.3, -0.25) is 0 Å². The van der Waals surface area contributed by atoms with Gasteiger partial charge in [0.15, 0.2) is 0 Å². The molecule has 0 radical (unpaired) electrons. The Kier molecular flexibility index (Phi) is 4.86. The molecule has 0 bridgehead atoms. The predicted molar refractivity (Wildman–Crippen MR) is 88.0 cm³/mol. The molecule has 2 nitrogen and oxygen atoms in total. The van der Waals surface area contributed by atoms with Crippen molar-refractivity contribution >= 4 is 0 Å². The van der Waals surface area contributed by atoms with Crippen molar-refractivity contribution < 1.29 is 0 Å². The maximum atomic E-state index is 3.96. The van der Waals surface area contributed by atoms with E-state index >= 15 is 0 Å². The zero-order chi connectivity index (χ0) is 15.0. The molecule has 20 heavy (non-hydrogen) atoms. The van der Waals surface area contributed by atoms with E-state index in [-0.39, 0.29) is 0 Å². The van der Waals surface area contributed by atoms with Crippen LogP contribution in [0.1, 0.15) is 66.2 Å². The second kappa shape index (κ2) is 5.96. The summed E-state index contributed by atoms with van der Waals surface area (Å²) in [7, 11) is 4.56. The van der Waals surface area contributed by atoms with Gasteiger partial charge < -0.3 is 10.2 Å². The summed E-state index contributed by atoms with van der Waals surface area (Å²) < 4.78 is 0. The van der Waals surface area contributed by atoms with Gasteiger partial charge in [-0.25, -0.2) is 0 Å². The van der Waals surface area contributed by atoms with Crippen LogP contribution in [-0.2, 0) is 0 Å². The van der Waals surface area contributed by atoms with Crippen molar-refractivity contribution in [2.75, 3.05) is 20.6 Å². The lowest BCUT2D eigenvalue weighted by atomic mass is 9.75. The first-order valence-corrected chi connectivity index (χ1v) is 8.65. The van der Waals surface area contributed by atoms with E-state index < -0.39 is 0 Å². The van der Waals surface area contributed by atoms with Crippen LogP contribution in [0.25, 0.3) is 0 Å². The molecule has 0 aromatic rings. The van der Waals surface area contributed by atoms with Crippen LogP contribution in [-0.4, -0.2) is 37.1 Å². The van der Waals surface area contributed by atoms with Gasteiger partial charge in [-0.15, -0.1) is 0 Å². The first kappa shape index (κ1) is 16.3. The number of likely N-dealkylation sites (N-methyl/N-ethyl adjacent to an activating group) is 1. The highest BCUT2D eigenvalue weighted by Gasteiger charge is 2.40. The summed E-state index contributed by atoms with van der Waals surface area (Å²) >= 11 is 0. The Bertz CT molecular complexity index is 323. The van der Waals surface area contributed by atoms with E-state index in [0.29, 0.717) is 11.0 Å². The number of nitrogens with zero attached hydrogens (tertiary/aromatic N) is 1. The number of nitrogens with one attached hydrogen (secondary N) is 1. The van der Waals surface area contributed by atoms with Crippen LogP contribution < -0.4 is 5.32 Å². The van der Waals surface area contributed by atoms with Crippen molar-refractivity contribution in [1.29, 1.82) is 0 Å². The van der Waals surface area contributed by atoms with Gasteiger partial charge in [0.25, 0.3) is 0 Å². The van der Waals surface area contributed by atoms with E-state index in [9.17, 15) is 0 Å². The number of hydrogen-bond donors (Lipinski definition) is 1. The van der Waals surface area contributed by atoms with Gasteiger partial charge in [0.1, 0.15) is 0 Å². The molecule has 2 rings (SSSR count). The molecule has 0 aromatic carbocycles. The van der Waals surface area contributed by atoms with Gasteiger partial charge >= 0.3 is 0 Å². The van der Waals surface area contributed by atoms with Gasteiger partial charge in [-0.1, -0.05) is 40.5 Å². The van der Waals surface area contributed by atoms with Crippen LogP contribution in [0.3, 0.4) is 0 Å². The Morgan fingerprint density at radius 3 is 2.30 bits per heavy atom. The van der Waals surface area contributed by atoms with Crippen LogP contribution in [0, 0.1) is 17.3 Å². The third-order valence-corrected chi connectivity index (χ3v) is 6.04. The zero-order valence-electron chi connectivity index (χ0n) is 14.6. The van der Waals surface area contributed by atoms with Crippen molar-refractivity contribution in [2.45, 2.75) is 77.8 Å². The molecule has 0 aliphatic heterocycles. The Morgan fingerprint density at radius 2 is 1.80 bits per heavy atom. The SMILES string of the molecule is CC1CCCC(CNC2CC(C)(C)CC2C)(N(C)C)C1. The second-order valence-corrected chi connectivity index (χ2v) is 8.86. The molecule has 0 saturated heterocycles. The fourth-order valence-corrected chi connectivity index (χ4v) is 4.85. The summed E-state index contributed by atoms with van der Waals surface area (Å²) in [5.41, 5.74) is 0.923. The van der Waals surface area contributed by atoms with Crippen molar-refractivity contribution in [1.82, 2.24) is 10.2 Å². The maximum Gasteiger partial charge on any atom is 0.0330 e. The van der Waals surface area contributed by atoms with Gasteiger partial charge in [-0.05, 0) is 57.0 Å². The average molecular weight is 280 g/mol. The fraction of sp³-hybridized carbons (Fsp3) is 1.00. The van der Waals surface area contributed by atoms with Gasteiger partial charge in [0.05, 0.1) is 0 Å². The van der Waals surface area contributed by atoms with Crippen LogP contribution in [0.4, 0.5) is 0 Å². The molecule has 0 heterocycles. The van der Waals surface area contributed by atoms with E-state index in [2.05, 4.69) is 52.0 Å². The molecule has 1 N–H and O–H groups in total. The number of rotatable bonds is 4. The van der Waals surface area contributed by atoms with E-state index in [1.807, 2.05) is 0 Å². The van der Waals surface area contributed by atoms with Crippen molar-refractivity contribution in [3.05, 3.63) is 0 Å². The largest absolute Gasteiger partial charge is 0.312 e. The minimum Gasteiger partial charge on any atom is -0.312 e. The average Bonchev–Trinajstić information content (AvgIpc) is 2.59. The Labute approximate surface area is 126 Å². The van der Waals surface area contributed by atoms with Gasteiger partial charge in [0.2, 0.25) is 0 Å².